The molecule has 1 aliphatic rings. The highest BCUT2D eigenvalue weighted by atomic mass is 79.9. The summed E-state index contributed by atoms with van der Waals surface area (Å²) in [5, 5.41) is 15.3. The number of anilines is 1. The molecule has 2 heterocycles. The van der Waals surface area contributed by atoms with Gasteiger partial charge in [0.2, 0.25) is 5.95 Å². The molecule has 6 heteroatoms. The Morgan fingerprint density at radius 1 is 1.25 bits per heavy atom. The first kappa shape index (κ1) is 13.3. The van der Waals surface area contributed by atoms with Gasteiger partial charge in [0.05, 0.1) is 0 Å². The minimum atomic E-state index is 0.0479. The lowest BCUT2D eigenvalue weighted by Crippen LogP contribution is -2.26. The molecule has 0 spiro atoms. The molecule has 1 N–H and O–H groups in total. The number of hydrogen-bond acceptors (Lipinski definition) is 4. The van der Waals surface area contributed by atoms with Gasteiger partial charge in [0.25, 0.3) is 0 Å². The zero-order chi connectivity index (χ0) is 14.3. The SMILES string of the molecule is CC1=C(C(C)C)Nc2nnnn2[C@@H]1c1ccc(Br)cc1. The fourth-order valence-corrected chi connectivity index (χ4v) is 2.90. The molecule has 2 aromatic rings. The third-order valence-electron chi connectivity index (χ3n) is 3.58. The Morgan fingerprint density at radius 3 is 2.60 bits per heavy atom. The average molecular weight is 334 g/mol. The summed E-state index contributed by atoms with van der Waals surface area (Å²) in [6.45, 7) is 6.48. The topological polar surface area (TPSA) is 55.6 Å². The zero-order valence-electron chi connectivity index (χ0n) is 11.6. The van der Waals surface area contributed by atoms with Crippen LogP contribution in [0, 0.1) is 5.92 Å². The molecule has 0 amide bonds. The van der Waals surface area contributed by atoms with Crippen LogP contribution in [0.2, 0.25) is 0 Å². The second-order valence-electron chi connectivity index (χ2n) is 5.28. The maximum absolute atomic E-state index is 4.13. The van der Waals surface area contributed by atoms with Crippen LogP contribution in [0.4, 0.5) is 5.95 Å². The van der Waals surface area contributed by atoms with Crippen LogP contribution in [0.15, 0.2) is 40.0 Å². The molecule has 1 aromatic heterocycles. The molecule has 0 fully saturated rings. The summed E-state index contributed by atoms with van der Waals surface area (Å²) in [6, 6.07) is 8.35. The molecule has 1 atom stereocenters. The van der Waals surface area contributed by atoms with E-state index in [-0.39, 0.29) is 6.04 Å². The first-order valence-electron chi connectivity index (χ1n) is 6.59. The van der Waals surface area contributed by atoms with Crippen LogP contribution in [0.25, 0.3) is 0 Å². The number of nitrogens with zero attached hydrogens (tertiary/aromatic N) is 4. The van der Waals surface area contributed by atoms with Crippen LogP contribution < -0.4 is 5.32 Å². The third kappa shape index (κ3) is 2.14. The predicted octanol–water partition coefficient (Wildman–Crippen LogP) is 3.38. The second kappa shape index (κ2) is 5.01. The van der Waals surface area contributed by atoms with E-state index in [0.717, 1.165) is 4.47 Å². The highest BCUT2D eigenvalue weighted by Crippen LogP contribution is 2.36. The van der Waals surface area contributed by atoms with Gasteiger partial charge >= 0.3 is 0 Å². The number of aromatic nitrogens is 4. The van der Waals surface area contributed by atoms with Gasteiger partial charge < -0.3 is 5.32 Å². The fourth-order valence-electron chi connectivity index (χ4n) is 2.64. The van der Waals surface area contributed by atoms with Crippen molar-refractivity contribution in [2.24, 2.45) is 5.92 Å². The van der Waals surface area contributed by atoms with Crippen molar-refractivity contribution < 1.29 is 0 Å². The molecule has 3 rings (SSSR count). The first-order chi connectivity index (χ1) is 9.58. The van der Waals surface area contributed by atoms with Crippen molar-refractivity contribution in [2.45, 2.75) is 26.8 Å². The van der Waals surface area contributed by atoms with Crippen molar-refractivity contribution in [1.82, 2.24) is 20.2 Å². The van der Waals surface area contributed by atoms with E-state index in [4.69, 9.17) is 0 Å². The zero-order valence-corrected chi connectivity index (χ0v) is 13.2. The molecule has 0 bridgehead atoms. The van der Waals surface area contributed by atoms with Crippen LogP contribution in [-0.4, -0.2) is 20.2 Å². The number of halogens is 1. The number of nitrogens with one attached hydrogen (secondary N) is 1. The standard InChI is InChI=1S/C14H16BrN5/c1-8(2)12-9(3)13(10-4-6-11(15)7-5-10)20-14(16-12)17-18-19-20/h4-8,13H,1-3H3,(H,16,17,19)/t13-/m0/s1. The molecule has 0 saturated heterocycles. The summed E-state index contributed by atoms with van der Waals surface area (Å²) in [4.78, 5) is 0. The Kier molecular flexibility index (Phi) is 3.33. The minimum Gasteiger partial charge on any atom is -0.326 e. The fraction of sp³-hybridized carbons (Fsp3) is 0.357. The molecule has 0 unspecified atom stereocenters. The molecular weight excluding hydrogens is 318 g/mol. The summed E-state index contributed by atoms with van der Waals surface area (Å²) < 4.78 is 2.91. The highest BCUT2D eigenvalue weighted by molar-refractivity contribution is 9.10. The van der Waals surface area contributed by atoms with E-state index in [1.807, 2.05) is 16.8 Å². The van der Waals surface area contributed by atoms with Gasteiger partial charge in [-0.1, -0.05) is 47.0 Å². The molecule has 1 aliphatic heterocycles. The lowest BCUT2D eigenvalue weighted by atomic mass is 9.93. The van der Waals surface area contributed by atoms with Crippen molar-refractivity contribution in [1.29, 1.82) is 0 Å². The van der Waals surface area contributed by atoms with Gasteiger partial charge in [-0.3, -0.25) is 0 Å². The number of benzene rings is 1. The number of allylic oxidation sites excluding steroid dienone is 2. The number of fused-ring (bicyclic) bond motifs is 1. The van der Waals surface area contributed by atoms with Crippen molar-refractivity contribution in [2.75, 3.05) is 5.32 Å². The number of hydrogen-bond donors (Lipinski definition) is 1. The predicted molar refractivity (Wildman–Crippen MR) is 81.3 cm³/mol. The minimum absolute atomic E-state index is 0.0479. The third-order valence-corrected chi connectivity index (χ3v) is 4.11. The van der Waals surface area contributed by atoms with E-state index < -0.39 is 0 Å². The average Bonchev–Trinajstić information content (AvgIpc) is 2.87. The molecule has 0 saturated carbocycles. The molecule has 104 valence electrons. The summed E-state index contributed by atoms with van der Waals surface area (Å²) in [7, 11) is 0. The summed E-state index contributed by atoms with van der Waals surface area (Å²) in [5.41, 5.74) is 3.63. The lowest BCUT2D eigenvalue weighted by molar-refractivity contribution is 0.541. The Balaban J connectivity index is 2.14. The van der Waals surface area contributed by atoms with E-state index in [1.165, 1.54) is 16.8 Å². The van der Waals surface area contributed by atoms with Crippen molar-refractivity contribution in [3.63, 3.8) is 0 Å². The van der Waals surface area contributed by atoms with Crippen LogP contribution in [-0.2, 0) is 0 Å². The quantitative estimate of drug-likeness (QED) is 0.915. The molecule has 5 nitrogen and oxygen atoms in total. The van der Waals surface area contributed by atoms with Gasteiger partial charge in [0.15, 0.2) is 0 Å². The Hall–Kier alpha value is -1.69. The summed E-state index contributed by atoms with van der Waals surface area (Å²) in [5.74, 6) is 1.10. The van der Waals surface area contributed by atoms with Crippen LogP contribution in [0.1, 0.15) is 32.4 Å². The number of rotatable bonds is 2. The Bertz CT molecular complexity index is 656. The maximum Gasteiger partial charge on any atom is 0.248 e. The van der Waals surface area contributed by atoms with Gasteiger partial charge in [-0.25, -0.2) is 0 Å². The number of tetrazole rings is 1. The van der Waals surface area contributed by atoms with Crippen molar-refractivity contribution in [3.8, 4) is 0 Å². The molecule has 0 radical (unpaired) electrons. The van der Waals surface area contributed by atoms with Gasteiger partial charge in [-0.15, -0.1) is 0 Å². The largest absolute Gasteiger partial charge is 0.326 e. The van der Waals surface area contributed by atoms with E-state index in [0.29, 0.717) is 11.9 Å². The molecule has 20 heavy (non-hydrogen) atoms. The van der Waals surface area contributed by atoms with Gasteiger partial charge in [0, 0.05) is 10.2 Å². The van der Waals surface area contributed by atoms with E-state index in [9.17, 15) is 0 Å². The van der Waals surface area contributed by atoms with E-state index in [1.54, 1.807) is 0 Å². The van der Waals surface area contributed by atoms with Crippen LogP contribution in [0.5, 0.6) is 0 Å². The van der Waals surface area contributed by atoms with Gasteiger partial charge in [0.1, 0.15) is 6.04 Å². The van der Waals surface area contributed by atoms with Gasteiger partial charge in [-0.05, 0) is 46.5 Å². The highest BCUT2D eigenvalue weighted by Gasteiger charge is 2.29. The van der Waals surface area contributed by atoms with Crippen LogP contribution >= 0.6 is 15.9 Å². The smallest absolute Gasteiger partial charge is 0.248 e. The Morgan fingerprint density at radius 2 is 1.95 bits per heavy atom. The van der Waals surface area contributed by atoms with Crippen molar-refractivity contribution in [3.05, 3.63) is 45.6 Å². The monoisotopic (exact) mass is 333 g/mol. The van der Waals surface area contributed by atoms with E-state index in [2.05, 4.69) is 69.7 Å². The first-order valence-corrected chi connectivity index (χ1v) is 7.38. The second-order valence-corrected chi connectivity index (χ2v) is 6.19. The molecular formula is C14H16BrN5. The molecule has 0 aliphatic carbocycles. The molecule has 1 aromatic carbocycles. The Labute approximate surface area is 126 Å². The van der Waals surface area contributed by atoms with Crippen molar-refractivity contribution >= 4 is 21.9 Å². The van der Waals surface area contributed by atoms with Gasteiger partial charge in [-0.2, -0.15) is 4.68 Å². The summed E-state index contributed by atoms with van der Waals surface area (Å²) >= 11 is 3.47. The van der Waals surface area contributed by atoms with E-state index >= 15 is 0 Å². The summed E-state index contributed by atoms with van der Waals surface area (Å²) in [6.07, 6.45) is 0. The van der Waals surface area contributed by atoms with Crippen LogP contribution in [0.3, 0.4) is 0 Å². The normalized spacial score (nSPS) is 18.1. The maximum atomic E-state index is 4.13. The lowest BCUT2D eigenvalue weighted by Gasteiger charge is -2.29.